The molecule has 2 aromatic heterocycles. The fourth-order valence-electron chi connectivity index (χ4n) is 1.40. The number of aromatic nitrogens is 3. The van der Waals surface area contributed by atoms with E-state index in [1.165, 1.54) is 6.20 Å². The third-order valence-electron chi connectivity index (χ3n) is 2.53. The first-order chi connectivity index (χ1) is 8.90. The largest absolute Gasteiger partial charge is 0.326 e. The van der Waals surface area contributed by atoms with Crippen LogP contribution in [0.5, 0.6) is 0 Å². The van der Waals surface area contributed by atoms with Crippen molar-refractivity contribution < 1.29 is 8.42 Å². The van der Waals surface area contributed by atoms with Crippen molar-refractivity contribution in [3.05, 3.63) is 45.1 Å². The van der Waals surface area contributed by atoms with Gasteiger partial charge in [0.05, 0.1) is 11.1 Å². The zero-order valence-corrected chi connectivity index (χ0v) is 11.5. The Bertz CT molecular complexity index is 750. The summed E-state index contributed by atoms with van der Waals surface area (Å²) >= 11 is 5.59. The molecule has 0 aromatic carbocycles. The van der Waals surface area contributed by atoms with Gasteiger partial charge in [0.2, 0.25) is 10.0 Å². The number of hydrogen-bond acceptors (Lipinski definition) is 4. The Morgan fingerprint density at radius 3 is 2.79 bits per heavy atom. The summed E-state index contributed by atoms with van der Waals surface area (Å²) in [6, 6.07) is 1.10. The summed E-state index contributed by atoms with van der Waals surface area (Å²) in [6.45, 7) is 1.88. The number of aryl methyl sites for hydroxylation is 1. The highest BCUT2D eigenvalue weighted by Gasteiger charge is 2.16. The highest BCUT2D eigenvalue weighted by molar-refractivity contribution is 7.89. The van der Waals surface area contributed by atoms with E-state index in [1.54, 1.807) is 6.92 Å². The van der Waals surface area contributed by atoms with Gasteiger partial charge in [-0.3, -0.25) is 9.89 Å². The topological polar surface area (TPSA) is 108 Å². The Labute approximate surface area is 114 Å². The fraction of sp³-hybridized carbons (Fsp3) is 0.200. The van der Waals surface area contributed by atoms with Gasteiger partial charge in [-0.25, -0.2) is 13.1 Å². The summed E-state index contributed by atoms with van der Waals surface area (Å²) in [7, 11) is -3.74. The van der Waals surface area contributed by atoms with Crippen LogP contribution in [-0.4, -0.2) is 23.6 Å². The number of sulfonamides is 1. The maximum Gasteiger partial charge on any atom is 0.266 e. The molecule has 2 heterocycles. The first kappa shape index (κ1) is 13.8. The fourth-order valence-corrected chi connectivity index (χ4v) is 2.64. The minimum atomic E-state index is -3.74. The molecule has 102 valence electrons. The van der Waals surface area contributed by atoms with Gasteiger partial charge in [-0.1, -0.05) is 11.6 Å². The van der Waals surface area contributed by atoms with Crippen LogP contribution in [0, 0.1) is 6.92 Å². The van der Waals surface area contributed by atoms with Crippen LogP contribution >= 0.6 is 11.6 Å². The third-order valence-corrected chi connectivity index (χ3v) is 4.19. The highest BCUT2D eigenvalue weighted by Crippen LogP contribution is 2.11. The Kier molecular flexibility index (Phi) is 3.74. The molecule has 2 aromatic rings. The van der Waals surface area contributed by atoms with Gasteiger partial charge in [0.25, 0.3) is 5.56 Å². The molecular weight excluding hydrogens is 292 g/mol. The van der Waals surface area contributed by atoms with E-state index in [4.69, 9.17) is 11.6 Å². The smallest absolute Gasteiger partial charge is 0.266 e. The number of halogens is 1. The second-order valence-electron chi connectivity index (χ2n) is 3.86. The lowest BCUT2D eigenvalue weighted by Gasteiger charge is -2.06. The van der Waals surface area contributed by atoms with Crippen LogP contribution < -0.4 is 10.3 Å². The number of H-pyrrole nitrogens is 2. The van der Waals surface area contributed by atoms with Gasteiger partial charge in [-0.15, -0.1) is 0 Å². The first-order valence-corrected chi connectivity index (χ1v) is 7.13. The van der Waals surface area contributed by atoms with E-state index in [-0.39, 0.29) is 16.5 Å². The van der Waals surface area contributed by atoms with Crippen LogP contribution in [0.4, 0.5) is 0 Å². The van der Waals surface area contributed by atoms with Gasteiger partial charge in [-0.05, 0) is 13.0 Å². The average Bonchev–Trinajstić information content (AvgIpc) is 2.76. The number of pyridine rings is 1. The van der Waals surface area contributed by atoms with Gasteiger partial charge in [0, 0.05) is 24.0 Å². The second-order valence-corrected chi connectivity index (χ2v) is 6.03. The average molecular weight is 303 g/mol. The van der Waals surface area contributed by atoms with Gasteiger partial charge in [0.1, 0.15) is 5.02 Å². The van der Waals surface area contributed by atoms with E-state index in [2.05, 4.69) is 19.9 Å². The number of hydrogen-bond donors (Lipinski definition) is 3. The Balaban J connectivity index is 2.21. The SMILES string of the molecule is Cc1[nH]ncc1CNS(=O)(=O)c1c[nH]c(=O)c(Cl)c1. The summed E-state index contributed by atoms with van der Waals surface area (Å²) in [5, 5.41) is 6.32. The second kappa shape index (κ2) is 5.16. The summed E-state index contributed by atoms with van der Waals surface area (Å²) in [4.78, 5) is 13.2. The summed E-state index contributed by atoms with van der Waals surface area (Å²) in [5.41, 5.74) is 0.979. The van der Waals surface area contributed by atoms with E-state index in [1.807, 2.05) is 0 Å². The van der Waals surface area contributed by atoms with Crippen molar-refractivity contribution in [2.24, 2.45) is 0 Å². The molecule has 3 N–H and O–H groups in total. The zero-order chi connectivity index (χ0) is 14.0. The van der Waals surface area contributed by atoms with E-state index < -0.39 is 15.6 Å². The van der Waals surface area contributed by atoms with Crippen molar-refractivity contribution in [2.45, 2.75) is 18.4 Å². The number of nitrogens with one attached hydrogen (secondary N) is 3. The van der Waals surface area contributed by atoms with Crippen molar-refractivity contribution >= 4 is 21.6 Å². The van der Waals surface area contributed by atoms with Crippen LogP contribution in [0.2, 0.25) is 5.02 Å². The molecule has 0 amide bonds. The summed E-state index contributed by atoms with van der Waals surface area (Å²) in [6.07, 6.45) is 2.64. The lowest BCUT2D eigenvalue weighted by Crippen LogP contribution is -2.24. The van der Waals surface area contributed by atoms with Crippen LogP contribution in [0.3, 0.4) is 0 Å². The van der Waals surface area contributed by atoms with Gasteiger partial charge >= 0.3 is 0 Å². The van der Waals surface area contributed by atoms with Crippen LogP contribution in [-0.2, 0) is 16.6 Å². The molecule has 7 nitrogen and oxygen atoms in total. The van der Waals surface area contributed by atoms with E-state index in [9.17, 15) is 13.2 Å². The lowest BCUT2D eigenvalue weighted by atomic mass is 10.3. The molecule has 0 fully saturated rings. The monoisotopic (exact) mass is 302 g/mol. The molecule has 0 saturated carbocycles. The van der Waals surface area contributed by atoms with Gasteiger partial charge in [0.15, 0.2) is 0 Å². The molecule has 0 saturated heterocycles. The molecule has 2 rings (SSSR count). The van der Waals surface area contributed by atoms with Crippen molar-refractivity contribution in [2.75, 3.05) is 0 Å². The van der Waals surface area contributed by atoms with Crippen molar-refractivity contribution in [1.29, 1.82) is 0 Å². The van der Waals surface area contributed by atoms with Gasteiger partial charge in [-0.2, -0.15) is 5.10 Å². The van der Waals surface area contributed by atoms with Crippen LogP contribution in [0.25, 0.3) is 0 Å². The van der Waals surface area contributed by atoms with E-state index in [0.717, 1.165) is 23.5 Å². The maximum atomic E-state index is 12.0. The Hall–Kier alpha value is -1.64. The molecule has 0 unspecified atom stereocenters. The first-order valence-electron chi connectivity index (χ1n) is 5.27. The zero-order valence-electron chi connectivity index (χ0n) is 9.90. The molecule has 9 heteroatoms. The molecule has 0 aliphatic heterocycles. The molecule has 0 aliphatic rings. The van der Waals surface area contributed by atoms with Gasteiger partial charge < -0.3 is 4.98 Å². The molecular formula is C10H11ClN4O3S. The standard InChI is InChI=1S/C10H11ClN4O3S/c1-6-7(3-13-15-6)4-14-19(17,18)8-2-9(11)10(16)12-5-8/h2-3,5,14H,4H2,1H3,(H,12,16)(H,13,15). The minimum absolute atomic E-state index is 0.0986. The maximum absolute atomic E-state index is 12.0. The molecule has 0 radical (unpaired) electrons. The number of rotatable bonds is 4. The Morgan fingerprint density at radius 2 is 2.21 bits per heavy atom. The highest BCUT2D eigenvalue weighted by atomic mass is 35.5. The number of aromatic amines is 2. The molecule has 0 atom stereocenters. The van der Waals surface area contributed by atoms with Crippen LogP contribution in [0.15, 0.2) is 28.2 Å². The van der Waals surface area contributed by atoms with Crippen molar-refractivity contribution in [3.63, 3.8) is 0 Å². The lowest BCUT2D eigenvalue weighted by molar-refractivity contribution is 0.580. The minimum Gasteiger partial charge on any atom is -0.326 e. The quantitative estimate of drug-likeness (QED) is 0.766. The third kappa shape index (κ3) is 3.03. The molecule has 0 aliphatic carbocycles. The van der Waals surface area contributed by atoms with E-state index in [0.29, 0.717) is 0 Å². The molecule has 19 heavy (non-hydrogen) atoms. The van der Waals surface area contributed by atoms with Crippen molar-refractivity contribution in [1.82, 2.24) is 19.9 Å². The number of nitrogens with zero attached hydrogens (tertiary/aromatic N) is 1. The summed E-state index contributed by atoms with van der Waals surface area (Å²) < 4.78 is 26.4. The normalized spacial score (nSPS) is 11.7. The molecule has 0 spiro atoms. The Morgan fingerprint density at radius 1 is 1.47 bits per heavy atom. The van der Waals surface area contributed by atoms with Crippen molar-refractivity contribution in [3.8, 4) is 0 Å². The summed E-state index contributed by atoms with van der Waals surface area (Å²) in [5.74, 6) is 0. The van der Waals surface area contributed by atoms with E-state index >= 15 is 0 Å². The predicted octanol–water partition coefficient (Wildman–Crippen LogP) is 0.538. The van der Waals surface area contributed by atoms with Crippen LogP contribution in [0.1, 0.15) is 11.3 Å². The predicted molar refractivity (Wildman–Crippen MR) is 69.4 cm³/mol. The molecule has 0 bridgehead atoms.